The number of rotatable bonds is 4. The first kappa shape index (κ1) is 24.9. The number of nitrogens with zero attached hydrogens (tertiary/aromatic N) is 1. The number of aromatic nitrogens is 1. The number of fused-ring (bicyclic) bond motifs is 5. The van der Waals surface area contributed by atoms with Gasteiger partial charge in [0.2, 0.25) is 6.79 Å². The van der Waals surface area contributed by atoms with Gasteiger partial charge in [0.05, 0.1) is 10.5 Å². The quantitative estimate of drug-likeness (QED) is 0.0910. The molecule has 3 aromatic carbocycles. The lowest BCUT2D eigenvalue weighted by atomic mass is 9.95. The van der Waals surface area contributed by atoms with Crippen LogP contribution in [0.3, 0.4) is 0 Å². The number of ether oxygens (including phenoxy) is 3. The maximum atomic E-state index is 13.9. The molecule has 1 aliphatic heterocycles. The molecular formula is C31H29NO7. The average Bonchev–Trinajstić information content (AvgIpc) is 3.66. The second-order valence-electron chi connectivity index (χ2n) is 10.1. The van der Waals surface area contributed by atoms with Crippen LogP contribution >= 0.6 is 0 Å². The molecule has 0 bridgehead atoms. The standard InChI is InChI=1S/C31H29NO7/c1-19-7-5-9-20(2)13-23(14-21(17-33)10-6-8-19)37-31(34)25-16-27-30(36-18-35-27)29-24-12-4-3-11-22(24)15-26(28(25)29)32-38-39-32/h3-4,8-9,11-12,14-17,23H,5-7,10,13,18H2,1-2H3. The highest BCUT2D eigenvalue weighted by Gasteiger charge is 2.30. The number of carbonyl (C=O) groups excluding carboxylic acids is 2. The number of benzene rings is 3. The Hall–Kier alpha value is -4.46. The van der Waals surface area contributed by atoms with Gasteiger partial charge < -0.3 is 14.2 Å². The van der Waals surface area contributed by atoms with E-state index in [1.165, 1.54) is 10.5 Å². The highest BCUT2D eigenvalue weighted by atomic mass is 17.3. The molecule has 39 heavy (non-hydrogen) atoms. The van der Waals surface area contributed by atoms with Gasteiger partial charge in [0.1, 0.15) is 18.1 Å². The predicted molar refractivity (Wildman–Crippen MR) is 145 cm³/mol. The highest BCUT2D eigenvalue weighted by Crippen LogP contribution is 2.47. The predicted octanol–water partition coefficient (Wildman–Crippen LogP) is 7.21. The molecule has 0 amide bonds. The molecule has 1 aromatic heterocycles. The van der Waals surface area contributed by atoms with Gasteiger partial charge in [-0.3, -0.25) is 4.79 Å². The van der Waals surface area contributed by atoms with Crippen molar-refractivity contribution in [2.45, 2.75) is 52.1 Å². The number of allylic oxidation sites excluding steroid dienone is 4. The minimum Gasteiger partial charge on any atom is -0.454 e. The Morgan fingerprint density at radius 1 is 1.00 bits per heavy atom. The number of hydrogen-bond donors (Lipinski definition) is 0. The molecule has 1 unspecified atom stereocenters. The van der Waals surface area contributed by atoms with Crippen molar-refractivity contribution in [3.8, 4) is 17.2 Å². The topological polar surface area (TPSA) is 93.0 Å². The molecule has 0 saturated heterocycles. The van der Waals surface area contributed by atoms with E-state index in [1.807, 2.05) is 37.3 Å². The molecule has 200 valence electrons. The Kier molecular flexibility index (Phi) is 6.60. The average molecular weight is 528 g/mol. The molecule has 4 aromatic rings. The van der Waals surface area contributed by atoms with Crippen LogP contribution in [0.25, 0.3) is 27.2 Å². The Balaban J connectivity index is 1.46. The van der Waals surface area contributed by atoms with Gasteiger partial charge in [0.15, 0.2) is 11.5 Å². The van der Waals surface area contributed by atoms with Gasteiger partial charge >= 0.3 is 5.97 Å². The normalized spacial score (nSPS) is 18.2. The van der Waals surface area contributed by atoms with Crippen molar-refractivity contribution in [2.24, 2.45) is 0 Å². The van der Waals surface area contributed by atoms with Crippen LogP contribution in [0.5, 0.6) is 11.5 Å². The van der Waals surface area contributed by atoms with E-state index in [0.29, 0.717) is 51.9 Å². The summed E-state index contributed by atoms with van der Waals surface area (Å²) < 4.78 is 27.8. The molecule has 1 atom stereocenters. The summed E-state index contributed by atoms with van der Waals surface area (Å²) in [5.41, 5.74) is 3.86. The first-order valence-corrected chi connectivity index (χ1v) is 13.1. The molecule has 6 rings (SSSR count). The molecule has 0 fully saturated rings. The van der Waals surface area contributed by atoms with Crippen molar-refractivity contribution < 1.29 is 33.2 Å². The molecule has 0 N–H and O–H groups in total. The lowest BCUT2D eigenvalue weighted by Crippen LogP contribution is -2.18. The van der Waals surface area contributed by atoms with Gasteiger partial charge in [0.25, 0.3) is 0 Å². The first-order chi connectivity index (χ1) is 19.0. The van der Waals surface area contributed by atoms with Crippen molar-refractivity contribution >= 4 is 33.8 Å². The molecular weight excluding hydrogens is 498 g/mol. The summed E-state index contributed by atoms with van der Waals surface area (Å²) in [6.07, 6.45) is 10.1. The molecule has 0 radical (unpaired) electrons. The summed E-state index contributed by atoms with van der Waals surface area (Å²) in [6.45, 7) is 4.19. The summed E-state index contributed by atoms with van der Waals surface area (Å²) in [7, 11) is 0. The van der Waals surface area contributed by atoms with E-state index in [2.05, 4.69) is 19.1 Å². The largest absolute Gasteiger partial charge is 0.454 e. The van der Waals surface area contributed by atoms with E-state index < -0.39 is 12.1 Å². The number of aldehydes is 1. The van der Waals surface area contributed by atoms with Crippen LogP contribution in [0.1, 0.15) is 56.3 Å². The highest BCUT2D eigenvalue weighted by molar-refractivity contribution is 6.20. The smallest absolute Gasteiger partial charge is 0.339 e. The van der Waals surface area contributed by atoms with Gasteiger partial charge in [0, 0.05) is 17.2 Å². The molecule has 0 saturated carbocycles. The maximum absolute atomic E-state index is 13.9. The van der Waals surface area contributed by atoms with E-state index in [9.17, 15) is 9.59 Å². The summed E-state index contributed by atoms with van der Waals surface area (Å²) in [4.78, 5) is 27.0. The summed E-state index contributed by atoms with van der Waals surface area (Å²) in [6, 6.07) is 11.3. The van der Waals surface area contributed by atoms with E-state index >= 15 is 0 Å². The van der Waals surface area contributed by atoms with Crippen molar-refractivity contribution in [2.75, 3.05) is 6.79 Å². The van der Waals surface area contributed by atoms with E-state index in [-0.39, 0.29) is 6.79 Å². The summed E-state index contributed by atoms with van der Waals surface area (Å²) in [5.74, 6) is 0.474. The molecule has 8 nitrogen and oxygen atoms in total. The maximum Gasteiger partial charge on any atom is 0.339 e. The molecule has 0 spiro atoms. The Labute approximate surface area is 224 Å². The van der Waals surface area contributed by atoms with Gasteiger partial charge in [-0.05, 0) is 74.1 Å². The number of esters is 1. The van der Waals surface area contributed by atoms with E-state index in [1.54, 1.807) is 12.1 Å². The SMILES string of the molecule is CC1=CCCC(C=O)=CC(OC(=O)c2cc3c(c4c2c(-n2oo2)cc2ccccc24)OCO3)CC(C)=CCC1. The van der Waals surface area contributed by atoms with Crippen molar-refractivity contribution in [3.63, 3.8) is 0 Å². The first-order valence-electron chi connectivity index (χ1n) is 13.1. The van der Waals surface area contributed by atoms with Crippen molar-refractivity contribution in [1.29, 1.82) is 0 Å². The third kappa shape index (κ3) is 5.02. The second kappa shape index (κ2) is 10.4. The Morgan fingerprint density at radius 3 is 2.62 bits per heavy atom. The van der Waals surface area contributed by atoms with Crippen LogP contribution in [-0.2, 0) is 9.53 Å². The van der Waals surface area contributed by atoms with Gasteiger partial charge in [-0.25, -0.2) is 4.79 Å². The van der Waals surface area contributed by atoms with E-state index in [0.717, 1.165) is 41.9 Å². The molecule has 2 aliphatic rings. The third-order valence-corrected chi connectivity index (χ3v) is 7.30. The summed E-state index contributed by atoms with van der Waals surface area (Å²) >= 11 is 0. The Morgan fingerprint density at radius 2 is 1.79 bits per heavy atom. The zero-order chi connectivity index (χ0) is 26.9. The fraction of sp³-hybridized carbons (Fsp3) is 0.290. The molecule has 2 heterocycles. The van der Waals surface area contributed by atoms with Crippen LogP contribution in [0.4, 0.5) is 0 Å². The molecule has 1 aliphatic carbocycles. The number of carbonyl (C=O) groups is 2. The minimum absolute atomic E-state index is 0.0458. The van der Waals surface area contributed by atoms with Crippen molar-refractivity contribution in [1.82, 2.24) is 4.91 Å². The van der Waals surface area contributed by atoms with Crippen LogP contribution in [0, 0.1) is 0 Å². The van der Waals surface area contributed by atoms with Gasteiger partial charge in [-0.2, -0.15) is 0 Å². The van der Waals surface area contributed by atoms with Crippen molar-refractivity contribution in [3.05, 3.63) is 76.9 Å². The van der Waals surface area contributed by atoms with Crippen LogP contribution in [0.15, 0.2) is 80.7 Å². The van der Waals surface area contributed by atoms with E-state index in [4.69, 9.17) is 23.6 Å². The zero-order valence-electron chi connectivity index (χ0n) is 21.9. The monoisotopic (exact) mass is 527 g/mol. The van der Waals surface area contributed by atoms with Crippen LogP contribution in [-0.4, -0.2) is 30.1 Å². The lowest BCUT2D eigenvalue weighted by molar-refractivity contribution is -0.105. The van der Waals surface area contributed by atoms with Crippen LogP contribution < -0.4 is 9.47 Å². The summed E-state index contributed by atoms with van der Waals surface area (Å²) in [5, 5.41) is 3.10. The third-order valence-electron chi connectivity index (χ3n) is 7.30. The number of hydrogen-bond acceptors (Lipinski definition) is 7. The van der Waals surface area contributed by atoms with Gasteiger partial charge in [-0.15, -0.1) is 9.36 Å². The Bertz CT molecular complexity index is 1650. The minimum atomic E-state index is -0.614. The van der Waals surface area contributed by atoms with Gasteiger partial charge in [-0.1, -0.05) is 47.6 Å². The second-order valence-corrected chi connectivity index (χ2v) is 10.1. The molecule has 8 heteroatoms. The lowest BCUT2D eigenvalue weighted by Gasteiger charge is -2.18. The fourth-order valence-corrected chi connectivity index (χ4v) is 5.33. The zero-order valence-corrected chi connectivity index (χ0v) is 21.9. The van der Waals surface area contributed by atoms with Crippen LogP contribution in [0.2, 0.25) is 0 Å². The fourth-order valence-electron chi connectivity index (χ4n) is 5.33.